The zero-order valence-corrected chi connectivity index (χ0v) is 11.0. The Hall–Kier alpha value is -0.0200. The van der Waals surface area contributed by atoms with E-state index in [0.29, 0.717) is 0 Å². The normalized spacial score (nSPS) is 10.4. The molecule has 0 saturated carbocycles. The highest BCUT2D eigenvalue weighted by atomic mass is 79.9. The summed E-state index contributed by atoms with van der Waals surface area (Å²) in [7, 11) is 0. The van der Waals surface area contributed by atoms with Crippen molar-refractivity contribution in [1.29, 1.82) is 0 Å². The van der Waals surface area contributed by atoms with Crippen LogP contribution in [0.4, 0.5) is 0 Å². The van der Waals surface area contributed by atoms with Crippen molar-refractivity contribution in [3.05, 3.63) is 15.2 Å². The molecule has 1 aromatic rings. The largest absolute Gasteiger partial charge is 0.493 e. The Morgan fingerprint density at radius 2 is 2.07 bits per heavy atom. The van der Waals surface area contributed by atoms with Gasteiger partial charge in [-0.1, -0.05) is 32.6 Å². The first-order valence-electron chi connectivity index (χ1n) is 5.19. The fourth-order valence-corrected chi connectivity index (χ4v) is 2.32. The molecule has 14 heavy (non-hydrogen) atoms. The molecule has 80 valence electrons. The van der Waals surface area contributed by atoms with Crippen LogP contribution in [0, 0.1) is 0 Å². The van der Waals surface area contributed by atoms with E-state index in [4.69, 9.17) is 4.74 Å². The van der Waals surface area contributed by atoms with E-state index >= 15 is 0 Å². The number of thiophene rings is 1. The van der Waals surface area contributed by atoms with Gasteiger partial charge in [-0.15, -0.1) is 11.3 Å². The summed E-state index contributed by atoms with van der Waals surface area (Å²) in [5, 5.41) is 2.04. The summed E-state index contributed by atoms with van der Waals surface area (Å²) in [6.07, 6.45) is 6.46. The molecule has 0 fully saturated rings. The van der Waals surface area contributed by atoms with Gasteiger partial charge >= 0.3 is 0 Å². The maximum atomic E-state index is 5.59. The third-order valence-corrected chi connectivity index (χ3v) is 3.54. The van der Waals surface area contributed by atoms with Crippen molar-refractivity contribution in [2.24, 2.45) is 0 Å². The Labute approximate surface area is 98.6 Å². The second-order valence-electron chi connectivity index (χ2n) is 3.35. The molecule has 1 rings (SSSR count). The first-order chi connectivity index (χ1) is 6.83. The van der Waals surface area contributed by atoms with E-state index in [2.05, 4.69) is 22.9 Å². The number of ether oxygens (including phenoxy) is 1. The van der Waals surface area contributed by atoms with Gasteiger partial charge in [0.05, 0.1) is 10.4 Å². The van der Waals surface area contributed by atoms with Crippen molar-refractivity contribution >= 4 is 27.3 Å². The van der Waals surface area contributed by atoms with Gasteiger partial charge in [-0.2, -0.15) is 0 Å². The predicted molar refractivity (Wildman–Crippen MR) is 66.3 cm³/mol. The van der Waals surface area contributed by atoms with Gasteiger partial charge in [0.1, 0.15) is 5.75 Å². The minimum Gasteiger partial charge on any atom is -0.493 e. The lowest BCUT2D eigenvalue weighted by molar-refractivity contribution is 0.305. The molecule has 1 heterocycles. The predicted octanol–water partition coefficient (Wildman–Crippen LogP) is 4.86. The monoisotopic (exact) mass is 276 g/mol. The van der Waals surface area contributed by atoms with Crippen LogP contribution in [0.5, 0.6) is 5.75 Å². The second-order valence-corrected chi connectivity index (χ2v) is 5.64. The minimum absolute atomic E-state index is 0.854. The van der Waals surface area contributed by atoms with Gasteiger partial charge < -0.3 is 4.74 Å². The number of rotatable bonds is 7. The van der Waals surface area contributed by atoms with Gasteiger partial charge in [-0.05, 0) is 22.4 Å². The van der Waals surface area contributed by atoms with Crippen LogP contribution >= 0.6 is 27.3 Å². The molecule has 0 aromatic carbocycles. The fourth-order valence-electron chi connectivity index (χ4n) is 1.27. The summed E-state index contributed by atoms with van der Waals surface area (Å²) in [4.78, 5) is 0. The highest BCUT2D eigenvalue weighted by Gasteiger charge is 1.97. The lowest BCUT2D eigenvalue weighted by atomic mass is 10.2. The molecule has 1 nitrogen and oxygen atoms in total. The summed E-state index contributed by atoms with van der Waals surface area (Å²) < 4.78 is 6.72. The van der Waals surface area contributed by atoms with E-state index in [-0.39, 0.29) is 0 Å². The average molecular weight is 277 g/mol. The third kappa shape index (κ3) is 5.01. The van der Waals surface area contributed by atoms with Crippen LogP contribution in [0.3, 0.4) is 0 Å². The van der Waals surface area contributed by atoms with Gasteiger partial charge in [0.15, 0.2) is 0 Å². The van der Waals surface area contributed by atoms with Crippen LogP contribution in [0.15, 0.2) is 15.2 Å². The fraction of sp³-hybridized carbons (Fsp3) is 0.636. The molecule has 0 amide bonds. The smallest absolute Gasteiger partial charge is 0.131 e. The van der Waals surface area contributed by atoms with Crippen LogP contribution in [-0.4, -0.2) is 6.61 Å². The second kappa shape index (κ2) is 7.30. The molecule has 0 aliphatic rings. The Balaban J connectivity index is 1.99. The molecular formula is C11H17BrOS. The third-order valence-electron chi connectivity index (χ3n) is 2.06. The Morgan fingerprint density at radius 1 is 1.29 bits per heavy atom. The molecule has 0 saturated heterocycles. The van der Waals surface area contributed by atoms with E-state index in [0.717, 1.165) is 16.1 Å². The molecule has 0 N–H and O–H groups in total. The lowest BCUT2D eigenvalue weighted by Crippen LogP contribution is -1.95. The minimum atomic E-state index is 0.854. The zero-order valence-electron chi connectivity index (χ0n) is 8.59. The van der Waals surface area contributed by atoms with Crippen LogP contribution in [0.25, 0.3) is 0 Å². The van der Waals surface area contributed by atoms with Crippen molar-refractivity contribution in [3.8, 4) is 5.75 Å². The van der Waals surface area contributed by atoms with Crippen molar-refractivity contribution in [1.82, 2.24) is 0 Å². The van der Waals surface area contributed by atoms with Crippen LogP contribution in [0.2, 0.25) is 0 Å². The molecule has 1 aromatic heterocycles. The quantitative estimate of drug-likeness (QED) is 0.647. The number of hydrogen-bond acceptors (Lipinski definition) is 2. The Bertz CT molecular complexity index is 247. The lowest BCUT2D eigenvalue weighted by Gasteiger charge is -2.02. The molecule has 0 bridgehead atoms. The SMILES string of the molecule is CCCCCCCOc1csc(Br)c1. The molecular weight excluding hydrogens is 260 g/mol. The van der Waals surface area contributed by atoms with Crippen LogP contribution < -0.4 is 4.74 Å². The molecule has 0 radical (unpaired) electrons. The first kappa shape index (κ1) is 12.1. The van der Waals surface area contributed by atoms with Gasteiger partial charge in [0.2, 0.25) is 0 Å². The summed E-state index contributed by atoms with van der Waals surface area (Å²) in [5.41, 5.74) is 0. The molecule has 0 unspecified atom stereocenters. The van der Waals surface area contributed by atoms with E-state index in [1.807, 2.05) is 11.4 Å². The van der Waals surface area contributed by atoms with Crippen molar-refractivity contribution in [3.63, 3.8) is 0 Å². The first-order valence-corrected chi connectivity index (χ1v) is 6.87. The standard InChI is InChI=1S/C11H17BrOS/c1-2-3-4-5-6-7-13-10-8-11(12)14-9-10/h8-9H,2-7H2,1H3. The van der Waals surface area contributed by atoms with E-state index in [1.165, 1.54) is 32.1 Å². The van der Waals surface area contributed by atoms with Gasteiger partial charge in [-0.25, -0.2) is 0 Å². The Morgan fingerprint density at radius 3 is 2.71 bits per heavy atom. The van der Waals surface area contributed by atoms with E-state index in [9.17, 15) is 0 Å². The average Bonchev–Trinajstić information content (AvgIpc) is 2.58. The maximum Gasteiger partial charge on any atom is 0.131 e. The Kier molecular flexibility index (Phi) is 6.28. The van der Waals surface area contributed by atoms with Crippen LogP contribution in [0.1, 0.15) is 39.0 Å². The van der Waals surface area contributed by atoms with Crippen LogP contribution in [-0.2, 0) is 0 Å². The van der Waals surface area contributed by atoms with Crippen molar-refractivity contribution in [2.75, 3.05) is 6.61 Å². The zero-order chi connectivity index (χ0) is 10.2. The topological polar surface area (TPSA) is 9.23 Å². The summed E-state index contributed by atoms with van der Waals surface area (Å²) in [6.45, 7) is 3.09. The number of halogens is 1. The molecule has 0 aliphatic heterocycles. The molecule has 0 atom stereocenters. The van der Waals surface area contributed by atoms with Crippen molar-refractivity contribution < 1.29 is 4.74 Å². The van der Waals surface area contributed by atoms with Gasteiger partial charge in [-0.3, -0.25) is 0 Å². The van der Waals surface area contributed by atoms with E-state index in [1.54, 1.807) is 11.3 Å². The van der Waals surface area contributed by atoms with Gasteiger partial charge in [0, 0.05) is 11.4 Å². The number of hydrogen-bond donors (Lipinski definition) is 0. The highest BCUT2D eigenvalue weighted by Crippen LogP contribution is 2.26. The summed E-state index contributed by atoms with van der Waals surface area (Å²) >= 11 is 5.08. The van der Waals surface area contributed by atoms with E-state index < -0.39 is 0 Å². The van der Waals surface area contributed by atoms with Gasteiger partial charge in [0.25, 0.3) is 0 Å². The molecule has 3 heteroatoms. The molecule has 0 spiro atoms. The summed E-state index contributed by atoms with van der Waals surface area (Å²) in [6, 6.07) is 2.02. The summed E-state index contributed by atoms with van der Waals surface area (Å²) in [5.74, 6) is 0.998. The van der Waals surface area contributed by atoms with Crippen molar-refractivity contribution in [2.45, 2.75) is 39.0 Å². The number of unbranched alkanes of at least 4 members (excludes halogenated alkanes) is 4. The molecule has 0 aliphatic carbocycles. The maximum absolute atomic E-state index is 5.59. The highest BCUT2D eigenvalue weighted by molar-refractivity contribution is 9.11.